The molecule has 1 aromatic carbocycles. The third kappa shape index (κ3) is 3.52. The van der Waals surface area contributed by atoms with Gasteiger partial charge in [-0.3, -0.25) is 9.97 Å². The van der Waals surface area contributed by atoms with E-state index in [1.54, 1.807) is 18.5 Å². The maximum atomic E-state index is 13.4. The average Bonchev–Trinajstić information content (AvgIpc) is 3.12. The third-order valence-electron chi connectivity index (χ3n) is 6.63. The molecule has 2 aliphatic heterocycles. The van der Waals surface area contributed by atoms with E-state index in [0.717, 1.165) is 12.2 Å². The number of rotatable bonds is 3. The van der Waals surface area contributed by atoms with Crippen molar-refractivity contribution in [1.82, 2.24) is 14.9 Å². The molecule has 3 fully saturated rings. The second-order valence-corrected chi connectivity index (χ2v) is 8.28. The van der Waals surface area contributed by atoms with Gasteiger partial charge in [0, 0.05) is 18.0 Å². The summed E-state index contributed by atoms with van der Waals surface area (Å²) >= 11 is 0. The van der Waals surface area contributed by atoms with Gasteiger partial charge in [-0.25, -0.2) is 9.18 Å². The van der Waals surface area contributed by atoms with Gasteiger partial charge in [-0.1, -0.05) is 31.1 Å². The quantitative estimate of drug-likeness (QED) is 0.768. The van der Waals surface area contributed by atoms with Gasteiger partial charge in [0.2, 0.25) is 0 Å². The molecule has 1 amide bonds. The summed E-state index contributed by atoms with van der Waals surface area (Å²) in [6.45, 7) is 1.31. The number of nitrogens with zero attached hydrogens (tertiary/aromatic N) is 3. The van der Waals surface area contributed by atoms with Crippen LogP contribution in [0, 0.1) is 23.6 Å². The van der Waals surface area contributed by atoms with E-state index < -0.39 is 0 Å². The molecule has 5 nitrogen and oxygen atoms in total. The van der Waals surface area contributed by atoms with Crippen molar-refractivity contribution < 1.29 is 13.9 Å². The van der Waals surface area contributed by atoms with E-state index in [2.05, 4.69) is 16.0 Å². The number of amides is 1. The van der Waals surface area contributed by atoms with Crippen LogP contribution in [0.4, 0.5) is 9.18 Å². The normalized spacial score (nSPS) is 28.9. The third-order valence-corrected chi connectivity index (χ3v) is 6.63. The summed E-state index contributed by atoms with van der Waals surface area (Å²) in [6.07, 6.45) is 12.3. The zero-order valence-electron chi connectivity index (χ0n) is 16.2. The molecule has 0 spiro atoms. The number of carbonyl (C=O) groups is 1. The van der Waals surface area contributed by atoms with Crippen molar-refractivity contribution in [3.63, 3.8) is 0 Å². The predicted octanol–water partition coefficient (Wildman–Crippen LogP) is 4.55. The Hall–Kier alpha value is -2.76. The highest BCUT2D eigenvalue weighted by atomic mass is 19.1. The van der Waals surface area contributed by atoms with Crippen molar-refractivity contribution >= 4 is 12.2 Å². The Morgan fingerprint density at radius 2 is 2.07 bits per heavy atom. The van der Waals surface area contributed by atoms with Gasteiger partial charge >= 0.3 is 6.09 Å². The van der Waals surface area contributed by atoms with Crippen LogP contribution in [0.2, 0.25) is 0 Å². The minimum atomic E-state index is -0.287. The Balaban J connectivity index is 1.37. The molecule has 0 N–H and O–H groups in total. The molecule has 29 heavy (non-hydrogen) atoms. The van der Waals surface area contributed by atoms with Crippen molar-refractivity contribution in [3.8, 4) is 11.3 Å². The number of hydrogen-bond acceptors (Lipinski definition) is 4. The first-order valence-electron chi connectivity index (χ1n) is 10.4. The summed E-state index contributed by atoms with van der Waals surface area (Å²) < 4.78 is 18.8. The minimum absolute atomic E-state index is 0.123. The second kappa shape index (κ2) is 7.58. The number of hydrogen-bond donors (Lipinski definition) is 0. The van der Waals surface area contributed by atoms with E-state index in [9.17, 15) is 9.18 Å². The predicted molar refractivity (Wildman–Crippen MR) is 107 cm³/mol. The van der Waals surface area contributed by atoms with Gasteiger partial charge < -0.3 is 9.64 Å². The zero-order chi connectivity index (χ0) is 19.8. The minimum Gasteiger partial charge on any atom is -0.447 e. The molecular formula is C23H24FN3O2. The monoisotopic (exact) mass is 393 g/mol. The molecule has 3 aliphatic rings. The van der Waals surface area contributed by atoms with Gasteiger partial charge in [-0.05, 0) is 42.9 Å². The Kier molecular flexibility index (Phi) is 4.78. The molecule has 6 heteroatoms. The van der Waals surface area contributed by atoms with Crippen LogP contribution in [0.3, 0.4) is 0 Å². The van der Waals surface area contributed by atoms with Crippen molar-refractivity contribution in [3.05, 3.63) is 54.2 Å². The van der Waals surface area contributed by atoms with E-state index in [1.165, 1.54) is 37.8 Å². The number of benzene rings is 1. The van der Waals surface area contributed by atoms with E-state index >= 15 is 0 Å². The summed E-state index contributed by atoms with van der Waals surface area (Å²) in [5.41, 5.74) is 2.12. The molecule has 3 heterocycles. The fraction of sp³-hybridized carbons (Fsp3) is 0.435. The van der Waals surface area contributed by atoms with Gasteiger partial charge in [-0.15, -0.1) is 0 Å². The van der Waals surface area contributed by atoms with Gasteiger partial charge in [0.25, 0.3) is 0 Å². The lowest BCUT2D eigenvalue weighted by Crippen LogP contribution is -2.52. The highest BCUT2D eigenvalue weighted by Gasteiger charge is 2.48. The lowest BCUT2D eigenvalue weighted by molar-refractivity contribution is 0.0472. The smallest absolute Gasteiger partial charge is 0.410 e. The highest BCUT2D eigenvalue weighted by molar-refractivity contribution is 5.70. The van der Waals surface area contributed by atoms with E-state index in [1.807, 2.05) is 17.0 Å². The van der Waals surface area contributed by atoms with Gasteiger partial charge in [0.1, 0.15) is 12.4 Å². The lowest BCUT2D eigenvalue weighted by Gasteiger charge is -2.46. The van der Waals surface area contributed by atoms with Crippen LogP contribution < -0.4 is 0 Å². The molecular weight excluding hydrogens is 369 g/mol. The maximum absolute atomic E-state index is 13.4. The molecule has 2 aromatic rings. The van der Waals surface area contributed by atoms with Crippen LogP contribution in [0.25, 0.3) is 17.3 Å². The molecule has 1 saturated carbocycles. The van der Waals surface area contributed by atoms with Crippen LogP contribution >= 0.6 is 0 Å². The average molecular weight is 393 g/mol. The van der Waals surface area contributed by atoms with Crippen LogP contribution in [0.5, 0.6) is 0 Å². The maximum Gasteiger partial charge on any atom is 0.410 e. The fourth-order valence-corrected chi connectivity index (χ4v) is 5.20. The standard InChI is InChI=1S/C23H24FN3O2/c24-17-6-3-5-15(10-17)21-12-25-18(11-26-21)8-9-20-19-7-2-1-4-16(19)13-27-22(20)14-29-23(27)28/h3,5-6,8-12,16,19-20,22H,1-2,4,7,13-14H2/b9-8+. The van der Waals surface area contributed by atoms with Crippen LogP contribution in [-0.2, 0) is 4.74 Å². The second-order valence-electron chi connectivity index (χ2n) is 8.28. The molecule has 0 bridgehead atoms. The van der Waals surface area contributed by atoms with Crippen molar-refractivity contribution in [2.45, 2.75) is 31.7 Å². The fourth-order valence-electron chi connectivity index (χ4n) is 5.20. The number of piperidine rings is 1. The van der Waals surface area contributed by atoms with Crippen molar-refractivity contribution in [2.75, 3.05) is 13.2 Å². The molecule has 2 saturated heterocycles. The van der Waals surface area contributed by atoms with Gasteiger partial charge in [0.05, 0.1) is 29.8 Å². The van der Waals surface area contributed by atoms with Gasteiger partial charge in [-0.2, -0.15) is 0 Å². The first kappa shape index (κ1) is 18.3. The zero-order valence-corrected chi connectivity index (χ0v) is 16.2. The Morgan fingerprint density at radius 1 is 1.17 bits per heavy atom. The molecule has 1 aromatic heterocycles. The number of fused-ring (bicyclic) bond motifs is 2. The number of halogens is 1. The lowest BCUT2D eigenvalue weighted by atomic mass is 9.67. The summed E-state index contributed by atoms with van der Waals surface area (Å²) in [4.78, 5) is 23.0. The first-order valence-corrected chi connectivity index (χ1v) is 10.4. The number of aromatic nitrogens is 2. The largest absolute Gasteiger partial charge is 0.447 e. The molecule has 4 unspecified atom stereocenters. The Labute approximate surface area is 169 Å². The van der Waals surface area contributed by atoms with Crippen LogP contribution in [0.15, 0.2) is 42.7 Å². The van der Waals surface area contributed by atoms with Crippen molar-refractivity contribution in [1.29, 1.82) is 0 Å². The molecule has 150 valence electrons. The number of cyclic esters (lactones) is 1. The van der Waals surface area contributed by atoms with E-state index in [0.29, 0.717) is 29.7 Å². The number of ether oxygens (including phenoxy) is 1. The summed E-state index contributed by atoms with van der Waals surface area (Å²) in [6, 6.07) is 6.48. The van der Waals surface area contributed by atoms with Crippen molar-refractivity contribution in [2.24, 2.45) is 17.8 Å². The number of carbonyl (C=O) groups excluding carboxylic acids is 1. The summed E-state index contributed by atoms with van der Waals surface area (Å²) in [5.74, 6) is 1.15. The Bertz CT molecular complexity index is 930. The molecule has 4 atom stereocenters. The van der Waals surface area contributed by atoms with Crippen LogP contribution in [-0.4, -0.2) is 40.2 Å². The highest BCUT2D eigenvalue weighted by Crippen LogP contribution is 2.44. The van der Waals surface area contributed by atoms with Gasteiger partial charge in [0.15, 0.2) is 0 Å². The Morgan fingerprint density at radius 3 is 2.90 bits per heavy atom. The van der Waals surface area contributed by atoms with Crippen LogP contribution in [0.1, 0.15) is 31.4 Å². The topological polar surface area (TPSA) is 55.3 Å². The summed E-state index contributed by atoms with van der Waals surface area (Å²) in [7, 11) is 0. The van der Waals surface area contributed by atoms with E-state index in [-0.39, 0.29) is 23.9 Å². The van der Waals surface area contributed by atoms with E-state index in [4.69, 9.17) is 4.74 Å². The SMILES string of the molecule is O=C1OCC2C(/C=C/c3cnc(-c4cccc(F)c4)cn3)C3CCCCC3CN12. The molecule has 5 rings (SSSR count). The summed E-state index contributed by atoms with van der Waals surface area (Å²) in [5, 5.41) is 0. The molecule has 1 aliphatic carbocycles. The molecule has 0 radical (unpaired) electrons. The first-order chi connectivity index (χ1) is 14.2.